The molecule has 0 bridgehead atoms. The van der Waals surface area contributed by atoms with Gasteiger partial charge in [-0.15, -0.1) is 0 Å². The van der Waals surface area contributed by atoms with Gasteiger partial charge in [0.2, 0.25) is 0 Å². The van der Waals surface area contributed by atoms with E-state index in [0.29, 0.717) is 5.41 Å². The van der Waals surface area contributed by atoms with Gasteiger partial charge < -0.3 is 9.80 Å². The van der Waals surface area contributed by atoms with Crippen LogP contribution in [0, 0.1) is 12.8 Å². The standard InChI is InChI=1S/C18H28N2/c1-14-5-6-16-17(11-14)20(13-18(16,2)3)12-15-7-9-19(4)10-8-15/h5-6,11,15H,7-10,12-13H2,1-4H3. The number of hydrogen-bond donors (Lipinski definition) is 0. The molecular formula is C18H28N2. The van der Waals surface area contributed by atoms with E-state index < -0.39 is 0 Å². The minimum Gasteiger partial charge on any atom is -0.370 e. The Morgan fingerprint density at radius 3 is 2.60 bits per heavy atom. The molecule has 2 aliphatic rings. The van der Waals surface area contributed by atoms with E-state index in [0.717, 1.165) is 5.92 Å². The average molecular weight is 272 g/mol. The zero-order valence-electron chi connectivity index (χ0n) is 13.4. The molecule has 0 aliphatic carbocycles. The van der Waals surface area contributed by atoms with Gasteiger partial charge >= 0.3 is 0 Å². The molecule has 0 saturated carbocycles. The summed E-state index contributed by atoms with van der Waals surface area (Å²) >= 11 is 0. The molecule has 0 radical (unpaired) electrons. The van der Waals surface area contributed by atoms with Gasteiger partial charge in [0.15, 0.2) is 0 Å². The molecule has 2 heteroatoms. The van der Waals surface area contributed by atoms with Crippen molar-refractivity contribution in [1.29, 1.82) is 0 Å². The fourth-order valence-corrected chi connectivity index (χ4v) is 3.84. The van der Waals surface area contributed by atoms with E-state index in [2.05, 4.69) is 55.8 Å². The Labute approximate surface area is 123 Å². The van der Waals surface area contributed by atoms with Crippen molar-refractivity contribution in [1.82, 2.24) is 4.90 Å². The molecule has 0 atom stereocenters. The van der Waals surface area contributed by atoms with E-state index in [1.165, 1.54) is 55.8 Å². The minimum absolute atomic E-state index is 0.300. The highest BCUT2D eigenvalue weighted by atomic mass is 15.2. The van der Waals surface area contributed by atoms with E-state index in [-0.39, 0.29) is 0 Å². The van der Waals surface area contributed by atoms with Crippen LogP contribution in [0.1, 0.15) is 37.8 Å². The van der Waals surface area contributed by atoms with Crippen molar-refractivity contribution in [2.24, 2.45) is 5.92 Å². The topological polar surface area (TPSA) is 6.48 Å². The summed E-state index contributed by atoms with van der Waals surface area (Å²) in [6, 6.07) is 7.00. The second-order valence-corrected chi connectivity index (χ2v) is 7.53. The number of hydrogen-bond acceptors (Lipinski definition) is 2. The lowest BCUT2D eigenvalue weighted by molar-refractivity contribution is 0.221. The maximum Gasteiger partial charge on any atom is 0.0407 e. The van der Waals surface area contributed by atoms with Crippen LogP contribution in [0.2, 0.25) is 0 Å². The van der Waals surface area contributed by atoms with E-state index in [4.69, 9.17) is 0 Å². The summed E-state index contributed by atoms with van der Waals surface area (Å²) in [6.45, 7) is 11.9. The molecule has 0 amide bonds. The van der Waals surface area contributed by atoms with Crippen molar-refractivity contribution in [3.63, 3.8) is 0 Å². The zero-order valence-corrected chi connectivity index (χ0v) is 13.4. The predicted molar refractivity (Wildman–Crippen MR) is 86.6 cm³/mol. The molecule has 0 spiro atoms. The Bertz CT molecular complexity index is 484. The summed E-state index contributed by atoms with van der Waals surface area (Å²) in [6.07, 6.45) is 2.71. The van der Waals surface area contributed by atoms with Gasteiger partial charge in [-0.3, -0.25) is 0 Å². The highest BCUT2D eigenvalue weighted by Gasteiger charge is 2.35. The Morgan fingerprint density at radius 1 is 1.20 bits per heavy atom. The van der Waals surface area contributed by atoms with Crippen LogP contribution in [0.5, 0.6) is 0 Å². The van der Waals surface area contributed by atoms with Crippen LogP contribution in [0.4, 0.5) is 5.69 Å². The fourth-order valence-electron chi connectivity index (χ4n) is 3.84. The molecule has 1 fully saturated rings. The number of aryl methyl sites for hydroxylation is 1. The molecule has 0 aromatic heterocycles. The normalized spacial score (nSPS) is 23.1. The summed E-state index contributed by atoms with van der Waals surface area (Å²) in [5.41, 5.74) is 4.72. The summed E-state index contributed by atoms with van der Waals surface area (Å²) in [5.74, 6) is 0.869. The first-order valence-corrected chi connectivity index (χ1v) is 8.00. The predicted octanol–water partition coefficient (Wildman–Crippen LogP) is 3.43. The van der Waals surface area contributed by atoms with E-state index >= 15 is 0 Å². The number of benzene rings is 1. The highest BCUT2D eigenvalue weighted by molar-refractivity contribution is 5.63. The van der Waals surface area contributed by atoms with Crippen molar-refractivity contribution in [2.45, 2.75) is 39.0 Å². The van der Waals surface area contributed by atoms with Crippen molar-refractivity contribution in [3.8, 4) is 0 Å². The number of rotatable bonds is 2. The fraction of sp³-hybridized carbons (Fsp3) is 0.667. The number of piperidine rings is 1. The Hall–Kier alpha value is -1.02. The van der Waals surface area contributed by atoms with Crippen molar-refractivity contribution in [2.75, 3.05) is 38.1 Å². The largest absolute Gasteiger partial charge is 0.370 e. The molecule has 2 aliphatic heterocycles. The van der Waals surface area contributed by atoms with Crippen molar-refractivity contribution in [3.05, 3.63) is 29.3 Å². The first-order chi connectivity index (χ1) is 9.45. The molecule has 1 aromatic rings. The number of nitrogens with zero attached hydrogens (tertiary/aromatic N) is 2. The van der Waals surface area contributed by atoms with Gasteiger partial charge in [0, 0.05) is 24.2 Å². The molecule has 2 heterocycles. The van der Waals surface area contributed by atoms with Crippen molar-refractivity contribution >= 4 is 5.69 Å². The molecule has 0 unspecified atom stereocenters. The molecule has 20 heavy (non-hydrogen) atoms. The molecule has 2 nitrogen and oxygen atoms in total. The van der Waals surface area contributed by atoms with Gasteiger partial charge in [0.1, 0.15) is 0 Å². The monoisotopic (exact) mass is 272 g/mol. The Balaban J connectivity index is 1.77. The lowest BCUT2D eigenvalue weighted by atomic mass is 9.87. The van der Waals surface area contributed by atoms with E-state index in [1.54, 1.807) is 0 Å². The molecule has 1 aromatic carbocycles. The summed E-state index contributed by atoms with van der Waals surface area (Å²) < 4.78 is 0. The van der Waals surface area contributed by atoms with Gasteiger partial charge in [-0.05, 0) is 63.0 Å². The molecule has 3 rings (SSSR count). The van der Waals surface area contributed by atoms with Crippen LogP contribution in [-0.4, -0.2) is 38.1 Å². The number of fused-ring (bicyclic) bond motifs is 1. The van der Waals surface area contributed by atoms with Gasteiger partial charge in [0.05, 0.1) is 0 Å². The van der Waals surface area contributed by atoms with Gasteiger partial charge in [-0.1, -0.05) is 26.0 Å². The third-order valence-electron chi connectivity index (χ3n) is 5.13. The van der Waals surface area contributed by atoms with Crippen LogP contribution in [0.15, 0.2) is 18.2 Å². The maximum atomic E-state index is 2.65. The van der Waals surface area contributed by atoms with Crippen LogP contribution in [0.25, 0.3) is 0 Å². The lowest BCUT2D eigenvalue weighted by Gasteiger charge is -2.33. The first-order valence-electron chi connectivity index (χ1n) is 8.00. The quantitative estimate of drug-likeness (QED) is 0.814. The maximum absolute atomic E-state index is 2.65. The summed E-state index contributed by atoms with van der Waals surface area (Å²) in [7, 11) is 2.24. The number of anilines is 1. The highest BCUT2D eigenvalue weighted by Crippen LogP contribution is 2.41. The molecule has 1 saturated heterocycles. The van der Waals surface area contributed by atoms with Gasteiger partial charge in [-0.25, -0.2) is 0 Å². The molecule has 0 N–H and O–H groups in total. The molecular weight excluding hydrogens is 244 g/mol. The van der Waals surface area contributed by atoms with Crippen LogP contribution >= 0.6 is 0 Å². The van der Waals surface area contributed by atoms with E-state index in [1.807, 2.05) is 0 Å². The lowest BCUT2D eigenvalue weighted by Crippen LogP contribution is -2.38. The molecule has 110 valence electrons. The summed E-state index contributed by atoms with van der Waals surface area (Å²) in [5, 5.41) is 0. The van der Waals surface area contributed by atoms with Crippen LogP contribution < -0.4 is 4.90 Å². The first kappa shape index (κ1) is 13.9. The Kier molecular flexibility index (Phi) is 3.53. The van der Waals surface area contributed by atoms with Gasteiger partial charge in [0.25, 0.3) is 0 Å². The smallest absolute Gasteiger partial charge is 0.0407 e. The van der Waals surface area contributed by atoms with Crippen LogP contribution in [-0.2, 0) is 5.41 Å². The SMILES string of the molecule is Cc1ccc2c(c1)N(CC1CCN(C)CC1)CC2(C)C. The number of likely N-dealkylation sites (tertiary alicyclic amines) is 1. The third-order valence-corrected chi connectivity index (χ3v) is 5.13. The van der Waals surface area contributed by atoms with Crippen molar-refractivity contribution < 1.29 is 0 Å². The van der Waals surface area contributed by atoms with Crippen LogP contribution in [0.3, 0.4) is 0 Å². The van der Waals surface area contributed by atoms with Gasteiger partial charge in [-0.2, -0.15) is 0 Å². The zero-order chi connectivity index (χ0) is 14.3. The van der Waals surface area contributed by atoms with E-state index in [9.17, 15) is 0 Å². The third kappa shape index (κ3) is 2.58. The second-order valence-electron chi connectivity index (χ2n) is 7.53. The second kappa shape index (κ2) is 5.07. The average Bonchev–Trinajstić information content (AvgIpc) is 2.63. The summed E-state index contributed by atoms with van der Waals surface area (Å²) in [4.78, 5) is 5.11. The minimum atomic E-state index is 0.300. The Morgan fingerprint density at radius 2 is 1.90 bits per heavy atom.